The molecule has 0 aliphatic rings. The fraction of sp³-hybridized carbons (Fsp3) is 0.200. The molecule has 0 aliphatic heterocycles. The van der Waals surface area contributed by atoms with Crippen LogP contribution < -0.4 is 5.32 Å². The Morgan fingerprint density at radius 3 is 3.00 bits per heavy atom. The van der Waals surface area contributed by atoms with Crippen LogP contribution in [0.1, 0.15) is 17.3 Å². The molecule has 4 nitrogen and oxygen atoms in total. The van der Waals surface area contributed by atoms with E-state index in [1.807, 2.05) is 0 Å². The highest BCUT2D eigenvalue weighted by atomic mass is 79.9. The summed E-state index contributed by atoms with van der Waals surface area (Å²) in [4.78, 5) is 14.8. The standard InChI is InChI=1S/C10H9BrN2O2/c1-3-6(2)13-9-8(10(14)15)4-7(11)5-12-9/h1,4-6H,2H3,(H,12,13)(H,14,15). The lowest BCUT2D eigenvalue weighted by atomic mass is 10.2. The average molecular weight is 269 g/mol. The fourth-order valence-corrected chi connectivity index (χ4v) is 1.30. The molecule has 0 bridgehead atoms. The summed E-state index contributed by atoms with van der Waals surface area (Å²) < 4.78 is 0.610. The Bertz CT molecular complexity index is 426. The highest BCUT2D eigenvalue weighted by molar-refractivity contribution is 9.10. The molecule has 0 aliphatic carbocycles. The van der Waals surface area contributed by atoms with Crippen LogP contribution in [0.15, 0.2) is 16.7 Å². The van der Waals surface area contributed by atoms with Crippen molar-refractivity contribution in [3.05, 3.63) is 22.3 Å². The first-order valence-corrected chi connectivity index (χ1v) is 4.95. The number of rotatable bonds is 3. The van der Waals surface area contributed by atoms with Gasteiger partial charge in [0.2, 0.25) is 0 Å². The summed E-state index contributed by atoms with van der Waals surface area (Å²) in [5, 5.41) is 11.7. The van der Waals surface area contributed by atoms with Crippen molar-refractivity contribution in [2.75, 3.05) is 5.32 Å². The van der Waals surface area contributed by atoms with Crippen LogP contribution >= 0.6 is 15.9 Å². The van der Waals surface area contributed by atoms with Gasteiger partial charge >= 0.3 is 5.97 Å². The summed E-state index contributed by atoms with van der Waals surface area (Å²) >= 11 is 3.15. The van der Waals surface area contributed by atoms with Gasteiger partial charge in [-0.1, -0.05) is 5.92 Å². The van der Waals surface area contributed by atoms with Gasteiger partial charge in [-0.2, -0.15) is 0 Å². The number of aromatic nitrogens is 1. The van der Waals surface area contributed by atoms with Crippen LogP contribution in [0, 0.1) is 12.3 Å². The smallest absolute Gasteiger partial charge is 0.339 e. The maximum atomic E-state index is 10.9. The van der Waals surface area contributed by atoms with Crippen molar-refractivity contribution < 1.29 is 9.90 Å². The molecule has 0 fully saturated rings. The molecule has 78 valence electrons. The Kier molecular flexibility index (Phi) is 3.69. The van der Waals surface area contributed by atoms with Crippen LogP contribution in [-0.4, -0.2) is 22.1 Å². The SMILES string of the molecule is C#CC(C)Nc1ncc(Br)cc1C(=O)O. The molecule has 0 aromatic carbocycles. The zero-order valence-corrected chi connectivity index (χ0v) is 9.58. The highest BCUT2D eigenvalue weighted by Gasteiger charge is 2.12. The van der Waals surface area contributed by atoms with E-state index in [1.54, 1.807) is 6.92 Å². The predicted molar refractivity (Wildman–Crippen MR) is 60.8 cm³/mol. The molecule has 1 aromatic rings. The first kappa shape index (κ1) is 11.5. The summed E-state index contributed by atoms with van der Waals surface area (Å²) in [6, 6.07) is 1.21. The molecule has 0 amide bonds. The molecular weight excluding hydrogens is 260 g/mol. The molecule has 0 saturated heterocycles. The minimum absolute atomic E-state index is 0.0893. The zero-order chi connectivity index (χ0) is 11.4. The highest BCUT2D eigenvalue weighted by Crippen LogP contribution is 2.18. The van der Waals surface area contributed by atoms with Crippen molar-refractivity contribution in [2.45, 2.75) is 13.0 Å². The third-order valence-electron chi connectivity index (χ3n) is 1.69. The molecule has 1 atom stereocenters. The van der Waals surface area contributed by atoms with Crippen molar-refractivity contribution >= 4 is 27.7 Å². The van der Waals surface area contributed by atoms with Gasteiger partial charge in [0.25, 0.3) is 0 Å². The lowest BCUT2D eigenvalue weighted by molar-refractivity contribution is 0.0697. The molecule has 15 heavy (non-hydrogen) atoms. The van der Waals surface area contributed by atoms with Crippen molar-refractivity contribution in [3.8, 4) is 12.3 Å². The minimum Gasteiger partial charge on any atom is -0.478 e. The molecule has 1 aromatic heterocycles. The molecule has 5 heteroatoms. The molecule has 2 N–H and O–H groups in total. The summed E-state index contributed by atoms with van der Waals surface area (Å²) in [7, 11) is 0. The molecule has 0 radical (unpaired) electrons. The number of terminal acetylenes is 1. The fourth-order valence-electron chi connectivity index (χ4n) is 0.964. The number of anilines is 1. The van der Waals surface area contributed by atoms with E-state index >= 15 is 0 Å². The third-order valence-corrected chi connectivity index (χ3v) is 2.12. The number of halogens is 1. The quantitative estimate of drug-likeness (QED) is 0.823. The second kappa shape index (κ2) is 4.80. The summed E-state index contributed by atoms with van der Waals surface area (Å²) in [6.45, 7) is 1.75. The van der Waals surface area contributed by atoms with Gasteiger partial charge in [-0.25, -0.2) is 9.78 Å². The van der Waals surface area contributed by atoms with E-state index < -0.39 is 5.97 Å². The number of carbonyl (C=O) groups is 1. The average Bonchev–Trinajstić information content (AvgIpc) is 2.20. The number of pyridine rings is 1. The van der Waals surface area contributed by atoms with E-state index in [9.17, 15) is 4.79 Å². The van der Waals surface area contributed by atoms with Crippen molar-refractivity contribution in [1.82, 2.24) is 4.98 Å². The minimum atomic E-state index is -1.05. The van der Waals surface area contributed by atoms with E-state index in [0.29, 0.717) is 4.47 Å². The van der Waals surface area contributed by atoms with E-state index in [2.05, 4.69) is 32.2 Å². The lowest BCUT2D eigenvalue weighted by Gasteiger charge is -2.10. The Balaban J connectivity index is 3.07. The second-order valence-corrected chi connectivity index (χ2v) is 3.80. The van der Waals surface area contributed by atoms with Crippen LogP contribution in [0.3, 0.4) is 0 Å². The summed E-state index contributed by atoms with van der Waals surface area (Å²) in [5.74, 6) is 1.67. The molecule has 1 unspecified atom stereocenters. The van der Waals surface area contributed by atoms with Crippen LogP contribution in [0.5, 0.6) is 0 Å². The molecule has 1 heterocycles. The second-order valence-electron chi connectivity index (χ2n) is 2.89. The maximum Gasteiger partial charge on any atom is 0.339 e. The summed E-state index contributed by atoms with van der Waals surface area (Å²) in [6.07, 6.45) is 6.69. The normalized spacial score (nSPS) is 11.5. The first-order valence-electron chi connectivity index (χ1n) is 4.16. The predicted octanol–water partition coefficient (Wildman–Crippen LogP) is 1.98. The van der Waals surface area contributed by atoms with Crippen molar-refractivity contribution in [3.63, 3.8) is 0 Å². The van der Waals surface area contributed by atoms with Gasteiger partial charge in [0.1, 0.15) is 11.4 Å². The first-order chi connectivity index (χ1) is 7.04. The van der Waals surface area contributed by atoms with Gasteiger partial charge in [0.05, 0.1) is 6.04 Å². The Hall–Kier alpha value is -1.54. The monoisotopic (exact) mass is 268 g/mol. The van der Waals surface area contributed by atoms with Gasteiger partial charge in [0, 0.05) is 10.7 Å². The molecule has 0 saturated carbocycles. The molecular formula is C10H9BrN2O2. The van der Waals surface area contributed by atoms with Gasteiger partial charge in [0.15, 0.2) is 0 Å². The largest absolute Gasteiger partial charge is 0.478 e. The van der Waals surface area contributed by atoms with E-state index in [-0.39, 0.29) is 17.4 Å². The van der Waals surface area contributed by atoms with Gasteiger partial charge in [-0.15, -0.1) is 6.42 Å². The van der Waals surface area contributed by atoms with Crippen molar-refractivity contribution in [1.29, 1.82) is 0 Å². The number of carboxylic acids is 1. The van der Waals surface area contributed by atoms with Gasteiger partial charge < -0.3 is 10.4 Å². The van der Waals surface area contributed by atoms with E-state index in [0.717, 1.165) is 0 Å². The topological polar surface area (TPSA) is 62.2 Å². The number of aromatic carboxylic acids is 1. The number of hydrogen-bond donors (Lipinski definition) is 2. The third kappa shape index (κ3) is 2.96. The van der Waals surface area contributed by atoms with Crippen LogP contribution in [0.25, 0.3) is 0 Å². The van der Waals surface area contributed by atoms with E-state index in [4.69, 9.17) is 11.5 Å². The van der Waals surface area contributed by atoms with Gasteiger partial charge in [-0.05, 0) is 28.9 Å². The van der Waals surface area contributed by atoms with Crippen LogP contribution in [-0.2, 0) is 0 Å². The van der Waals surface area contributed by atoms with Crippen LogP contribution in [0.4, 0.5) is 5.82 Å². The number of nitrogens with zero attached hydrogens (tertiary/aromatic N) is 1. The van der Waals surface area contributed by atoms with Gasteiger partial charge in [-0.3, -0.25) is 0 Å². The Morgan fingerprint density at radius 1 is 1.80 bits per heavy atom. The van der Waals surface area contributed by atoms with E-state index in [1.165, 1.54) is 12.3 Å². The Labute approximate surface area is 95.8 Å². The zero-order valence-electron chi connectivity index (χ0n) is 7.99. The molecule has 1 rings (SSSR count). The Morgan fingerprint density at radius 2 is 2.47 bits per heavy atom. The lowest BCUT2D eigenvalue weighted by Crippen LogP contribution is -2.16. The number of carboxylic acid groups (broad SMARTS) is 1. The summed E-state index contributed by atoms with van der Waals surface area (Å²) in [5.41, 5.74) is 0.0893. The maximum absolute atomic E-state index is 10.9. The van der Waals surface area contributed by atoms with Crippen molar-refractivity contribution in [2.24, 2.45) is 0 Å². The number of hydrogen-bond acceptors (Lipinski definition) is 3. The van der Waals surface area contributed by atoms with Crippen LogP contribution in [0.2, 0.25) is 0 Å². The number of nitrogens with one attached hydrogen (secondary N) is 1. The molecule has 0 spiro atoms.